The van der Waals surface area contributed by atoms with E-state index < -0.39 is 0 Å². The zero-order valence-electron chi connectivity index (χ0n) is 4.26. The lowest BCUT2D eigenvalue weighted by Gasteiger charge is -1.90. The summed E-state index contributed by atoms with van der Waals surface area (Å²) in [5, 5.41) is 0. The molecule has 0 bridgehead atoms. The predicted molar refractivity (Wildman–Crippen MR) is 43.3 cm³/mol. The monoisotopic (exact) mass is 142 g/mol. The molecule has 0 aliphatic heterocycles. The van der Waals surface area contributed by atoms with Crippen LogP contribution in [0.2, 0.25) is 0 Å². The standard InChI is InChI=1S/C6H6S2/c1-4-2-3-5(7)6(4)8/h2-3,7-8H,1H2. The first kappa shape index (κ1) is 6.05. The largest absolute Gasteiger partial charge is 0.142 e. The summed E-state index contributed by atoms with van der Waals surface area (Å²) in [6.07, 6.45) is 3.78. The summed E-state index contributed by atoms with van der Waals surface area (Å²) >= 11 is 8.23. The lowest BCUT2D eigenvalue weighted by Crippen LogP contribution is -1.66. The number of thiol groups is 2. The summed E-state index contributed by atoms with van der Waals surface area (Å²) in [7, 11) is 0. The van der Waals surface area contributed by atoms with Gasteiger partial charge in [0.15, 0.2) is 0 Å². The molecule has 1 aliphatic carbocycles. The number of hydrogen-bond donors (Lipinski definition) is 2. The molecule has 0 heterocycles. The van der Waals surface area contributed by atoms with Crippen LogP contribution in [0.1, 0.15) is 0 Å². The Morgan fingerprint density at radius 3 is 2.00 bits per heavy atom. The van der Waals surface area contributed by atoms with E-state index in [0.717, 1.165) is 15.4 Å². The third-order valence-corrected chi connectivity index (χ3v) is 2.07. The minimum absolute atomic E-state index is 0.883. The highest BCUT2D eigenvalue weighted by molar-refractivity contribution is 7.89. The number of allylic oxidation sites excluding steroid dienone is 3. The van der Waals surface area contributed by atoms with E-state index in [1.807, 2.05) is 12.2 Å². The molecule has 1 aliphatic rings. The van der Waals surface area contributed by atoms with E-state index in [0.29, 0.717) is 0 Å². The van der Waals surface area contributed by atoms with E-state index in [1.165, 1.54) is 0 Å². The molecule has 0 aromatic heterocycles. The lowest BCUT2D eigenvalue weighted by atomic mass is 10.3. The summed E-state index contributed by atoms with van der Waals surface area (Å²) in [6, 6.07) is 0. The third-order valence-electron chi connectivity index (χ3n) is 0.989. The fourth-order valence-corrected chi connectivity index (χ4v) is 0.869. The molecule has 0 aromatic carbocycles. The van der Waals surface area contributed by atoms with Crippen LogP contribution < -0.4 is 0 Å². The molecule has 0 atom stereocenters. The molecular formula is C6H6S2. The molecule has 0 aromatic rings. The van der Waals surface area contributed by atoms with Crippen molar-refractivity contribution in [2.75, 3.05) is 0 Å². The molecule has 0 nitrogen and oxygen atoms in total. The Balaban J connectivity index is 3.02. The fraction of sp³-hybridized carbons (Fsp3) is 0. The highest BCUT2D eigenvalue weighted by Gasteiger charge is 2.03. The molecule has 0 amide bonds. The Labute approximate surface area is 59.8 Å². The van der Waals surface area contributed by atoms with Crippen LogP contribution in [0, 0.1) is 0 Å². The van der Waals surface area contributed by atoms with Crippen LogP contribution in [0.3, 0.4) is 0 Å². The maximum atomic E-state index is 4.12. The van der Waals surface area contributed by atoms with E-state index in [-0.39, 0.29) is 0 Å². The zero-order valence-corrected chi connectivity index (χ0v) is 6.05. The van der Waals surface area contributed by atoms with Crippen molar-refractivity contribution in [1.82, 2.24) is 0 Å². The highest BCUT2D eigenvalue weighted by atomic mass is 32.1. The van der Waals surface area contributed by atoms with Crippen LogP contribution in [0.4, 0.5) is 0 Å². The van der Waals surface area contributed by atoms with Crippen LogP contribution in [-0.2, 0) is 0 Å². The van der Waals surface area contributed by atoms with E-state index in [2.05, 4.69) is 31.8 Å². The lowest BCUT2D eigenvalue weighted by molar-refractivity contribution is 1.81. The van der Waals surface area contributed by atoms with Gasteiger partial charge in [-0.2, -0.15) is 0 Å². The van der Waals surface area contributed by atoms with Gasteiger partial charge in [-0.05, 0) is 11.6 Å². The first-order valence-electron chi connectivity index (χ1n) is 2.21. The number of rotatable bonds is 0. The molecule has 0 saturated carbocycles. The topological polar surface area (TPSA) is 0 Å². The maximum absolute atomic E-state index is 4.12. The second-order valence-corrected chi connectivity index (χ2v) is 2.52. The average molecular weight is 142 g/mol. The van der Waals surface area contributed by atoms with Crippen LogP contribution in [0.25, 0.3) is 0 Å². The SMILES string of the molecule is C=C1C=CC(S)=C1S. The van der Waals surface area contributed by atoms with Gasteiger partial charge in [0.05, 0.1) is 0 Å². The van der Waals surface area contributed by atoms with Gasteiger partial charge in [0.2, 0.25) is 0 Å². The molecule has 0 radical (unpaired) electrons. The summed E-state index contributed by atoms with van der Waals surface area (Å²) in [4.78, 5) is 1.78. The van der Waals surface area contributed by atoms with E-state index in [1.54, 1.807) is 0 Å². The van der Waals surface area contributed by atoms with Gasteiger partial charge in [-0.3, -0.25) is 0 Å². The molecule has 0 saturated heterocycles. The molecule has 42 valence electrons. The van der Waals surface area contributed by atoms with E-state index in [9.17, 15) is 0 Å². The summed E-state index contributed by atoms with van der Waals surface area (Å²) < 4.78 is 0. The third kappa shape index (κ3) is 0.858. The Kier molecular flexibility index (Phi) is 1.54. The first-order chi connectivity index (χ1) is 3.72. The van der Waals surface area contributed by atoms with Gasteiger partial charge in [0, 0.05) is 9.81 Å². The molecule has 0 spiro atoms. The van der Waals surface area contributed by atoms with Gasteiger partial charge >= 0.3 is 0 Å². The molecule has 2 heteroatoms. The van der Waals surface area contributed by atoms with Gasteiger partial charge in [0.25, 0.3) is 0 Å². The van der Waals surface area contributed by atoms with Crippen LogP contribution in [-0.4, -0.2) is 0 Å². The van der Waals surface area contributed by atoms with E-state index >= 15 is 0 Å². The quantitative estimate of drug-likeness (QED) is 0.476. The predicted octanol–water partition coefficient (Wildman–Crippen LogP) is 2.18. The van der Waals surface area contributed by atoms with E-state index in [4.69, 9.17) is 0 Å². The number of hydrogen-bond acceptors (Lipinski definition) is 2. The van der Waals surface area contributed by atoms with Crippen molar-refractivity contribution in [1.29, 1.82) is 0 Å². The molecule has 8 heavy (non-hydrogen) atoms. The van der Waals surface area contributed by atoms with Crippen LogP contribution in [0.15, 0.2) is 34.1 Å². The maximum Gasteiger partial charge on any atom is 0.0241 e. The molecular weight excluding hydrogens is 136 g/mol. The van der Waals surface area contributed by atoms with Crippen molar-refractivity contribution in [3.05, 3.63) is 34.1 Å². The minimum atomic E-state index is 0.883. The molecule has 1 rings (SSSR count). The first-order valence-corrected chi connectivity index (χ1v) is 3.11. The minimum Gasteiger partial charge on any atom is -0.142 e. The Bertz CT molecular complexity index is 183. The smallest absolute Gasteiger partial charge is 0.0241 e. The van der Waals surface area contributed by atoms with Crippen LogP contribution >= 0.6 is 25.3 Å². The summed E-state index contributed by atoms with van der Waals surface area (Å²) in [5.41, 5.74) is 0.943. The average Bonchev–Trinajstić information content (AvgIpc) is 1.98. The van der Waals surface area contributed by atoms with Crippen molar-refractivity contribution >= 4 is 25.3 Å². The van der Waals surface area contributed by atoms with Gasteiger partial charge in [0.1, 0.15) is 0 Å². The summed E-state index contributed by atoms with van der Waals surface area (Å²) in [5.74, 6) is 0. The fourth-order valence-electron chi connectivity index (χ4n) is 0.502. The second-order valence-electron chi connectivity index (χ2n) is 1.59. The van der Waals surface area contributed by atoms with Crippen molar-refractivity contribution in [2.24, 2.45) is 0 Å². The van der Waals surface area contributed by atoms with Crippen molar-refractivity contribution < 1.29 is 0 Å². The van der Waals surface area contributed by atoms with Crippen molar-refractivity contribution in [2.45, 2.75) is 0 Å². The van der Waals surface area contributed by atoms with Crippen molar-refractivity contribution in [3.63, 3.8) is 0 Å². The Morgan fingerprint density at radius 1 is 1.25 bits per heavy atom. The van der Waals surface area contributed by atoms with Gasteiger partial charge in [-0.15, -0.1) is 25.3 Å². The zero-order chi connectivity index (χ0) is 6.15. The molecule has 0 unspecified atom stereocenters. The van der Waals surface area contributed by atoms with Gasteiger partial charge < -0.3 is 0 Å². The van der Waals surface area contributed by atoms with Gasteiger partial charge in [-0.25, -0.2) is 0 Å². The van der Waals surface area contributed by atoms with Crippen LogP contribution in [0.5, 0.6) is 0 Å². The van der Waals surface area contributed by atoms with Gasteiger partial charge in [-0.1, -0.05) is 12.7 Å². The Morgan fingerprint density at radius 2 is 1.88 bits per heavy atom. The molecule has 0 fully saturated rings. The molecule has 0 N–H and O–H groups in total. The second kappa shape index (κ2) is 2.03. The van der Waals surface area contributed by atoms with Crippen molar-refractivity contribution in [3.8, 4) is 0 Å². The normalized spacial score (nSPS) is 18.5. The highest BCUT2D eigenvalue weighted by Crippen LogP contribution is 2.27. The summed E-state index contributed by atoms with van der Waals surface area (Å²) in [6.45, 7) is 3.72. The Hall–Kier alpha value is -0.0800.